The molecule has 2 aromatic carbocycles. The van der Waals surface area contributed by atoms with Crippen molar-refractivity contribution in [3.8, 4) is 5.75 Å². The smallest absolute Gasteiger partial charge is 0.408 e. The van der Waals surface area contributed by atoms with E-state index in [-0.39, 0.29) is 11.8 Å². The Morgan fingerprint density at radius 2 is 1.45 bits per heavy atom. The Balaban J connectivity index is 1.92. The molecule has 2 rings (SSSR count). The van der Waals surface area contributed by atoms with Crippen LogP contribution in [0.4, 0.5) is 4.79 Å². The molecule has 2 N–H and O–H groups in total. The lowest BCUT2D eigenvalue weighted by molar-refractivity contribution is -0.139. The summed E-state index contributed by atoms with van der Waals surface area (Å²) in [5.74, 6) is -0.430. The van der Waals surface area contributed by atoms with Gasteiger partial charge >= 0.3 is 12.1 Å². The number of carboxylic acid groups (broad SMARTS) is 1. The molecule has 0 spiro atoms. The van der Waals surface area contributed by atoms with Gasteiger partial charge in [0.05, 0.1) is 0 Å². The SMILES string of the molecule is CC(C)(C)OC(=O)NC(Cc1ccc(OCc2ccc(C(C)(C)C)cc2)cc1)C(=O)O. The normalized spacial score (nSPS) is 12.7. The fourth-order valence-corrected chi connectivity index (χ4v) is 2.87. The Morgan fingerprint density at radius 3 is 1.94 bits per heavy atom. The zero-order valence-corrected chi connectivity index (χ0v) is 19.2. The molecule has 1 unspecified atom stereocenters. The molecule has 0 saturated heterocycles. The number of amides is 1. The van der Waals surface area contributed by atoms with E-state index < -0.39 is 23.7 Å². The molecular formula is C25H33NO5. The number of rotatable bonds is 7. The Bertz CT molecular complexity index is 874. The zero-order chi connectivity index (χ0) is 23.2. The average Bonchev–Trinajstić information content (AvgIpc) is 2.65. The van der Waals surface area contributed by atoms with Gasteiger partial charge in [0.25, 0.3) is 0 Å². The van der Waals surface area contributed by atoms with Gasteiger partial charge in [0.1, 0.15) is 24.0 Å². The van der Waals surface area contributed by atoms with Gasteiger partial charge in [-0.05, 0) is 55.0 Å². The largest absolute Gasteiger partial charge is 0.489 e. The molecule has 6 heteroatoms. The van der Waals surface area contributed by atoms with Crippen LogP contribution in [0.25, 0.3) is 0 Å². The molecular weight excluding hydrogens is 394 g/mol. The van der Waals surface area contributed by atoms with Crippen LogP contribution in [0.2, 0.25) is 0 Å². The molecule has 168 valence electrons. The molecule has 6 nitrogen and oxygen atoms in total. The maximum Gasteiger partial charge on any atom is 0.408 e. The summed E-state index contributed by atoms with van der Waals surface area (Å²) in [7, 11) is 0. The Morgan fingerprint density at radius 1 is 0.903 bits per heavy atom. The summed E-state index contributed by atoms with van der Waals surface area (Å²) < 4.78 is 11.0. The standard InChI is InChI=1S/C25H33NO5/c1-24(2,3)19-11-7-18(8-12-19)16-30-20-13-9-17(10-14-20)15-21(22(27)28)26-23(29)31-25(4,5)6/h7-14,21H,15-16H2,1-6H3,(H,26,29)(H,27,28). The second kappa shape index (κ2) is 9.86. The van der Waals surface area contributed by atoms with Crippen LogP contribution in [0.1, 0.15) is 58.2 Å². The van der Waals surface area contributed by atoms with Crippen LogP contribution < -0.4 is 10.1 Å². The first-order valence-electron chi connectivity index (χ1n) is 10.4. The van der Waals surface area contributed by atoms with Crippen molar-refractivity contribution in [1.82, 2.24) is 5.32 Å². The number of carboxylic acids is 1. The van der Waals surface area contributed by atoms with Crippen molar-refractivity contribution >= 4 is 12.1 Å². The average molecular weight is 428 g/mol. The summed E-state index contributed by atoms with van der Waals surface area (Å²) in [6.07, 6.45) is -0.610. The lowest BCUT2D eigenvalue weighted by Crippen LogP contribution is -2.44. The summed E-state index contributed by atoms with van der Waals surface area (Å²) in [4.78, 5) is 23.4. The van der Waals surface area contributed by atoms with Crippen molar-refractivity contribution < 1.29 is 24.2 Å². The minimum atomic E-state index is -1.12. The van der Waals surface area contributed by atoms with Gasteiger partial charge < -0.3 is 19.9 Å². The number of aliphatic carboxylic acids is 1. The minimum Gasteiger partial charge on any atom is -0.489 e. The van der Waals surface area contributed by atoms with Gasteiger partial charge in [0, 0.05) is 6.42 Å². The molecule has 31 heavy (non-hydrogen) atoms. The summed E-state index contributed by atoms with van der Waals surface area (Å²) in [5.41, 5.74) is 2.53. The predicted octanol–water partition coefficient (Wildman–Crippen LogP) is 5.08. The first kappa shape index (κ1) is 24.3. The summed E-state index contributed by atoms with van der Waals surface area (Å²) in [6.45, 7) is 12.1. The van der Waals surface area contributed by atoms with Crippen LogP contribution in [0.15, 0.2) is 48.5 Å². The van der Waals surface area contributed by atoms with Gasteiger partial charge in [0.15, 0.2) is 0 Å². The molecule has 0 heterocycles. The van der Waals surface area contributed by atoms with Crippen molar-refractivity contribution in [3.05, 3.63) is 65.2 Å². The maximum atomic E-state index is 11.9. The van der Waals surface area contributed by atoms with E-state index in [1.54, 1.807) is 45.0 Å². The maximum absolute atomic E-state index is 11.9. The van der Waals surface area contributed by atoms with Crippen LogP contribution >= 0.6 is 0 Å². The van der Waals surface area contributed by atoms with E-state index in [9.17, 15) is 14.7 Å². The Hall–Kier alpha value is -3.02. The number of carbonyl (C=O) groups is 2. The third-order valence-electron chi connectivity index (χ3n) is 4.58. The Labute approximate surface area is 184 Å². The van der Waals surface area contributed by atoms with E-state index in [2.05, 4.69) is 50.4 Å². The highest BCUT2D eigenvalue weighted by Gasteiger charge is 2.24. The van der Waals surface area contributed by atoms with Gasteiger partial charge in [0.2, 0.25) is 0 Å². The second-order valence-electron chi connectivity index (χ2n) is 9.62. The monoisotopic (exact) mass is 427 g/mol. The van der Waals surface area contributed by atoms with Crippen molar-refractivity contribution in [2.75, 3.05) is 0 Å². The lowest BCUT2D eigenvalue weighted by atomic mass is 9.87. The number of alkyl carbamates (subject to hydrolysis) is 1. The van der Waals surface area contributed by atoms with E-state index in [1.165, 1.54) is 5.56 Å². The van der Waals surface area contributed by atoms with Crippen LogP contribution in [0, 0.1) is 0 Å². The Kier molecular flexibility index (Phi) is 7.71. The fraction of sp³-hybridized carbons (Fsp3) is 0.440. The van der Waals surface area contributed by atoms with Crippen LogP contribution in [-0.2, 0) is 28.0 Å². The number of hydrogen-bond donors (Lipinski definition) is 2. The number of benzene rings is 2. The molecule has 0 fully saturated rings. The third kappa shape index (κ3) is 8.32. The highest BCUT2D eigenvalue weighted by atomic mass is 16.6. The molecule has 0 aliphatic rings. The number of nitrogens with one attached hydrogen (secondary N) is 1. The summed E-state index contributed by atoms with van der Waals surface area (Å²) in [6, 6.07) is 14.5. The van der Waals surface area contributed by atoms with E-state index in [1.807, 2.05) is 0 Å². The van der Waals surface area contributed by atoms with Crippen molar-refractivity contribution in [2.24, 2.45) is 0 Å². The van der Waals surface area contributed by atoms with Crippen molar-refractivity contribution in [2.45, 2.75) is 71.6 Å². The van der Waals surface area contributed by atoms with Crippen molar-refractivity contribution in [3.63, 3.8) is 0 Å². The lowest BCUT2D eigenvalue weighted by Gasteiger charge is -2.22. The summed E-state index contributed by atoms with van der Waals surface area (Å²) in [5, 5.41) is 11.8. The first-order chi connectivity index (χ1) is 14.3. The molecule has 1 atom stereocenters. The third-order valence-corrected chi connectivity index (χ3v) is 4.58. The number of hydrogen-bond acceptors (Lipinski definition) is 4. The molecule has 0 saturated carbocycles. The van der Waals surface area contributed by atoms with Crippen LogP contribution in [0.5, 0.6) is 5.75 Å². The molecule has 0 aromatic heterocycles. The molecule has 2 aromatic rings. The molecule has 1 amide bonds. The summed E-state index contributed by atoms with van der Waals surface area (Å²) >= 11 is 0. The predicted molar refractivity (Wildman–Crippen MR) is 120 cm³/mol. The van der Waals surface area contributed by atoms with Crippen LogP contribution in [-0.4, -0.2) is 28.8 Å². The second-order valence-corrected chi connectivity index (χ2v) is 9.62. The molecule has 0 aliphatic carbocycles. The molecule has 0 radical (unpaired) electrons. The number of carbonyl (C=O) groups excluding carboxylic acids is 1. The van der Waals surface area contributed by atoms with Crippen molar-refractivity contribution in [1.29, 1.82) is 0 Å². The highest BCUT2D eigenvalue weighted by molar-refractivity contribution is 5.80. The first-order valence-corrected chi connectivity index (χ1v) is 10.4. The van der Waals surface area contributed by atoms with Gasteiger partial charge in [-0.15, -0.1) is 0 Å². The highest BCUT2D eigenvalue weighted by Crippen LogP contribution is 2.23. The van der Waals surface area contributed by atoms with Gasteiger partial charge in [-0.1, -0.05) is 57.2 Å². The van der Waals surface area contributed by atoms with Gasteiger partial charge in [-0.25, -0.2) is 9.59 Å². The minimum absolute atomic E-state index is 0.112. The molecule has 0 aliphatic heterocycles. The van der Waals surface area contributed by atoms with Gasteiger partial charge in [-0.2, -0.15) is 0 Å². The van der Waals surface area contributed by atoms with Gasteiger partial charge in [-0.3, -0.25) is 0 Å². The topological polar surface area (TPSA) is 84.9 Å². The number of ether oxygens (including phenoxy) is 2. The quantitative estimate of drug-likeness (QED) is 0.643. The van der Waals surface area contributed by atoms with E-state index in [0.717, 1.165) is 11.1 Å². The fourth-order valence-electron chi connectivity index (χ4n) is 2.87. The molecule has 0 bridgehead atoms. The van der Waals surface area contributed by atoms with E-state index >= 15 is 0 Å². The van der Waals surface area contributed by atoms with Crippen LogP contribution in [0.3, 0.4) is 0 Å². The van der Waals surface area contributed by atoms with E-state index in [0.29, 0.717) is 12.4 Å². The zero-order valence-electron chi connectivity index (χ0n) is 19.2. The van der Waals surface area contributed by atoms with E-state index in [4.69, 9.17) is 9.47 Å².